The lowest BCUT2D eigenvalue weighted by atomic mass is 10.2. The van der Waals surface area contributed by atoms with Crippen molar-refractivity contribution in [1.82, 2.24) is 0 Å². The molecule has 1 N–H and O–H groups in total. The number of benzene rings is 1. The highest BCUT2D eigenvalue weighted by Crippen LogP contribution is 2.43. The van der Waals surface area contributed by atoms with Gasteiger partial charge in [0.15, 0.2) is 0 Å². The zero-order valence-corrected chi connectivity index (χ0v) is 13.5. The van der Waals surface area contributed by atoms with Gasteiger partial charge in [0.25, 0.3) is 0 Å². The van der Waals surface area contributed by atoms with Crippen molar-refractivity contribution in [3.05, 3.63) is 32.8 Å². The van der Waals surface area contributed by atoms with E-state index in [0.717, 1.165) is 5.56 Å². The van der Waals surface area contributed by atoms with E-state index >= 15 is 0 Å². The molecule has 0 aliphatic heterocycles. The van der Waals surface area contributed by atoms with Gasteiger partial charge in [0.2, 0.25) is 0 Å². The first-order valence-electron chi connectivity index (χ1n) is 5.11. The van der Waals surface area contributed by atoms with Crippen molar-refractivity contribution >= 4 is 53.3 Å². The van der Waals surface area contributed by atoms with Crippen molar-refractivity contribution < 1.29 is 13.9 Å². The summed E-state index contributed by atoms with van der Waals surface area (Å²) in [5.41, 5.74) is 0.776. The quantitative estimate of drug-likeness (QED) is 0.608. The number of rotatable bonds is 6. The fourth-order valence-corrected chi connectivity index (χ4v) is 3.15. The number of halogens is 3. The van der Waals surface area contributed by atoms with E-state index in [-0.39, 0.29) is 6.61 Å². The molecule has 0 fully saturated rings. The minimum Gasteiger partial charge on any atom is -0.324 e. The largest absolute Gasteiger partial charge is 0.324 e. The van der Waals surface area contributed by atoms with Crippen molar-refractivity contribution in [1.29, 1.82) is 0 Å². The fourth-order valence-electron chi connectivity index (χ4n) is 1.23. The summed E-state index contributed by atoms with van der Waals surface area (Å²) in [4.78, 5) is 9.56. The van der Waals surface area contributed by atoms with Gasteiger partial charge in [-0.25, -0.2) is 0 Å². The van der Waals surface area contributed by atoms with Gasteiger partial charge in [-0.2, -0.15) is 0 Å². The van der Waals surface area contributed by atoms with E-state index in [1.54, 1.807) is 19.1 Å². The van der Waals surface area contributed by atoms with Crippen molar-refractivity contribution in [2.45, 2.75) is 13.3 Å². The lowest BCUT2D eigenvalue weighted by Gasteiger charge is -2.14. The van der Waals surface area contributed by atoms with Crippen molar-refractivity contribution in [3.8, 4) is 0 Å². The second-order valence-electron chi connectivity index (χ2n) is 3.33. The molecule has 0 aliphatic rings. The Kier molecular flexibility index (Phi) is 6.87. The highest BCUT2D eigenvalue weighted by Gasteiger charge is 2.14. The maximum absolute atomic E-state index is 9.56. The van der Waals surface area contributed by atoms with Crippen LogP contribution in [-0.4, -0.2) is 18.1 Å². The molecular weight excluding hydrogens is 338 g/mol. The van der Waals surface area contributed by atoms with Gasteiger partial charge in [-0.3, -0.25) is 0 Å². The summed E-state index contributed by atoms with van der Waals surface area (Å²) in [6.45, 7) is -0.895. The SMILES string of the molecule is CCOP(O)(=S)OCCc1cc(Cl)c(Cl)cc1Cl. The Balaban J connectivity index is 2.59. The van der Waals surface area contributed by atoms with Gasteiger partial charge in [0, 0.05) is 5.02 Å². The Bertz CT molecular complexity index is 470. The minimum atomic E-state index is -3.13. The molecule has 0 aliphatic carbocycles. The molecular formula is C10H12Cl3O3PS. The number of hydrogen-bond donors (Lipinski definition) is 1. The molecule has 0 bridgehead atoms. The van der Waals surface area contributed by atoms with Crippen LogP contribution in [0.1, 0.15) is 12.5 Å². The van der Waals surface area contributed by atoms with Crippen LogP contribution in [0.15, 0.2) is 12.1 Å². The molecule has 0 aromatic heterocycles. The van der Waals surface area contributed by atoms with E-state index in [0.29, 0.717) is 28.1 Å². The summed E-state index contributed by atoms with van der Waals surface area (Å²) in [5.74, 6) is 0. The van der Waals surface area contributed by atoms with Crippen LogP contribution in [0.3, 0.4) is 0 Å². The first-order valence-corrected chi connectivity index (χ1v) is 8.83. The van der Waals surface area contributed by atoms with Crippen LogP contribution in [0, 0.1) is 0 Å². The summed E-state index contributed by atoms with van der Waals surface area (Å²) in [7, 11) is 0. The van der Waals surface area contributed by atoms with E-state index in [1.807, 2.05) is 0 Å². The minimum absolute atomic E-state index is 0.200. The fraction of sp³-hybridized carbons (Fsp3) is 0.400. The van der Waals surface area contributed by atoms with Crippen LogP contribution in [0.25, 0.3) is 0 Å². The Morgan fingerprint density at radius 2 is 1.78 bits per heavy atom. The molecule has 0 radical (unpaired) electrons. The molecule has 1 atom stereocenters. The molecule has 1 unspecified atom stereocenters. The van der Waals surface area contributed by atoms with E-state index in [2.05, 4.69) is 0 Å². The molecule has 0 saturated heterocycles. The van der Waals surface area contributed by atoms with E-state index in [9.17, 15) is 4.89 Å². The molecule has 1 rings (SSSR count). The first kappa shape index (κ1) is 16.7. The lowest BCUT2D eigenvalue weighted by Crippen LogP contribution is -2.00. The average Bonchev–Trinajstić information content (AvgIpc) is 2.25. The van der Waals surface area contributed by atoms with E-state index in [1.165, 1.54) is 0 Å². The predicted octanol–water partition coefficient (Wildman–Crippen LogP) is 4.46. The molecule has 18 heavy (non-hydrogen) atoms. The van der Waals surface area contributed by atoms with Gasteiger partial charge in [0.05, 0.1) is 23.3 Å². The normalized spacial score (nSPS) is 14.5. The highest BCUT2D eigenvalue weighted by atomic mass is 35.5. The second kappa shape index (κ2) is 7.41. The summed E-state index contributed by atoms with van der Waals surface area (Å²) < 4.78 is 10.0. The molecule has 0 saturated carbocycles. The third kappa shape index (κ3) is 5.32. The summed E-state index contributed by atoms with van der Waals surface area (Å²) in [5, 5.41) is 1.31. The summed E-state index contributed by atoms with van der Waals surface area (Å²) in [6.07, 6.45) is 0.460. The Labute approximate surface area is 126 Å². The van der Waals surface area contributed by atoms with Crippen molar-refractivity contribution in [2.24, 2.45) is 0 Å². The average molecular weight is 350 g/mol. The van der Waals surface area contributed by atoms with Crippen molar-refractivity contribution in [2.75, 3.05) is 13.2 Å². The predicted molar refractivity (Wildman–Crippen MR) is 79.3 cm³/mol. The Morgan fingerprint density at radius 1 is 1.17 bits per heavy atom. The van der Waals surface area contributed by atoms with Gasteiger partial charge in [-0.15, -0.1) is 0 Å². The third-order valence-corrected chi connectivity index (χ3v) is 4.81. The summed E-state index contributed by atoms with van der Waals surface area (Å²) >= 11 is 22.5. The van der Waals surface area contributed by atoms with Gasteiger partial charge in [-0.1, -0.05) is 34.8 Å². The zero-order valence-electron chi connectivity index (χ0n) is 9.53. The topological polar surface area (TPSA) is 38.7 Å². The number of hydrogen-bond acceptors (Lipinski definition) is 3. The van der Waals surface area contributed by atoms with Crippen LogP contribution in [0.4, 0.5) is 0 Å². The molecule has 1 aromatic rings. The third-order valence-electron chi connectivity index (χ3n) is 2.01. The molecule has 3 nitrogen and oxygen atoms in total. The Hall–Kier alpha value is 0.620. The highest BCUT2D eigenvalue weighted by molar-refractivity contribution is 8.07. The maximum atomic E-state index is 9.56. The first-order chi connectivity index (χ1) is 8.35. The van der Waals surface area contributed by atoms with Crippen LogP contribution in [0.5, 0.6) is 0 Å². The molecule has 1 aromatic carbocycles. The van der Waals surface area contributed by atoms with Crippen LogP contribution < -0.4 is 0 Å². The molecule has 102 valence electrons. The van der Waals surface area contributed by atoms with Crippen molar-refractivity contribution in [3.63, 3.8) is 0 Å². The Morgan fingerprint density at radius 3 is 2.39 bits per heavy atom. The summed E-state index contributed by atoms with van der Waals surface area (Å²) in [6, 6.07) is 3.23. The second-order valence-corrected chi connectivity index (χ2v) is 7.39. The van der Waals surface area contributed by atoms with Gasteiger partial charge in [0.1, 0.15) is 0 Å². The van der Waals surface area contributed by atoms with E-state index in [4.69, 9.17) is 55.7 Å². The molecule has 0 amide bonds. The van der Waals surface area contributed by atoms with Crippen LogP contribution in [0.2, 0.25) is 15.1 Å². The zero-order chi connectivity index (χ0) is 13.8. The van der Waals surface area contributed by atoms with Gasteiger partial charge < -0.3 is 13.9 Å². The smallest absolute Gasteiger partial charge is 0.324 e. The van der Waals surface area contributed by atoms with Crippen LogP contribution >= 0.6 is 41.5 Å². The molecule has 8 heteroatoms. The standard InChI is InChI=1S/C10H12Cl3O3PS/c1-2-15-17(14,18)16-4-3-7-5-9(12)10(13)6-8(7)11/h5-6H,2-4H2,1H3,(H,14,18). The lowest BCUT2D eigenvalue weighted by molar-refractivity contribution is 0.206. The molecule has 0 heterocycles. The maximum Gasteiger partial charge on any atom is 0.324 e. The monoisotopic (exact) mass is 348 g/mol. The van der Waals surface area contributed by atoms with Gasteiger partial charge >= 0.3 is 6.72 Å². The van der Waals surface area contributed by atoms with Crippen LogP contribution in [-0.2, 0) is 27.3 Å². The van der Waals surface area contributed by atoms with E-state index < -0.39 is 6.72 Å². The molecule has 0 spiro atoms. The van der Waals surface area contributed by atoms with Gasteiger partial charge in [-0.05, 0) is 42.8 Å².